The number of rotatable bonds is 15. The van der Waals surface area contributed by atoms with Crippen molar-refractivity contribution in [2.24, 2.45) is 11.7 Å². The second-order valence-corrected chi connectivity index (χ2v) is 9.20. The van der Waals surface area contributed by atoms with Gasteiger partial charge < -0.3 is 42.0 Å². The van der Waals surface area contributed by atoms with Crippen molar-refractivity contribution in [3.05, 3.63) is 36.0 Å². The molecule has 5 unspecified atom stereocenters. The molecular weight excluding hydrogens is 514 g/mol. The van der Waals surface area contributed by atoms with Crippen LogP contribution in [0.25, 0.3) is 10.9 Å². The van der Waals surface area contributed by atoms with Crippen LogP contribution in [-0.4, -0.2) is 80.1 Å². The van der Waals surface area contributed by atoms with E-state index in [0.29, 0.717) is 6.42 Å². The van der Waals surface area contributed by atoms with Crippen LogP contribution in [0.4, 0.5) is 0 Å². The fourth-order valence-electron chi connectivity index (χ4n) is 3.89. The summed E-state index contributed by atoms with van der Waals surface area (Å²) in [6.45, 7) is 3.27. The molecule has 14 heteroatoms. The van der Waals surface area contributed by atoms with E-state index in [1.54, 1.807) is 20.0 Å². The number of aliphatic carboxylic acids is 3. The molecular formula is C25H33N5O9. The maximum atomic E-state index is 12.9. The van der Waals surface area contributed by atoms with Gasteiger partial charge in [-0.3, -0.25) is 24.0 Å². The van der Waals surface area contributed by atoms with Crippen LogP contribution >= 0.6 is 0 Å². The minimum absolute atomic E-state index is 0.0630. The van der Waals surface area contributed by atoms with Crippen LogP contribution in [0.2, 0.25) is 0 Å². The molecule has 1 aromatic heterocycles. The molecule has 14 nitrogen and oxygen atoms in total. The summed E-state index contributed by atoms with van der Waals surface area (Å²) in [4.78, 5) is 75.7. The van der Waals surface area contributed by atoms with Gasteiger partial charge in [0.25, 0.3) is 0 Å². The zero-order valence-corrected chi connectivity index (χ0v) is 21.5. The zero-order valence-electron chi connectivity index (χ0n) is 21.5. The minimum atomic E-state index is -1.74. The van der Waals surface area contributed by atoms with E-state index >= 15 is 0 Å². The first kappa shape index (κ1) is 30.8. The Balaban J connectivity index is 2.15. The lowest BCUT2D eigenvalue weighted by Gasteiger charge is -2.25. The predicted octanol–water partition coefficient (Wildman–Crippen LogP) is -0.428. The number of aromatic amines is 1. The maximum absolute atomic E-state index is 12.9. The molecule has 0 fully saturated rings. The number of nitrogens with one attached hydrogen (secondary N) is 4. The van der Waals surface area contributed by atoms with Gasteiger partial charge >= 0.3 is 17.9 Å². The Kier molecular flexibility index (Phi) is 11.0. The molecule has 1 aromatic carbocycles. The molecule has 0 aliphatic carbocycles. The molecule has 0 aliphatic rings. The van der Waals surface area contributed by atoms with Gasteiger partial charge in [-0.15, -0.1) is 0 Å². The molecule has 212 valence electrons. The van der Waals surface area contributed by atoms with E-state index in [-0.39, 0.29) is 6.42 Å². The van der Waals surface area contributed by atoms with Crippen LogP contribution in [0.5, 0.6) is 0 Å². The summed E-state index contributed by atoms with van der Waals surface area (Å²) in [5.41, 5.74) is 7.56. The first-order valence-electron chi connectivity index (χ1n) is 12.2. The van der Waals surface area contributed by atoms with Gasteiger partial charge in [-0.25, -0.2) is 4.79 Å². The van der Waals surface area contributed by atoms with E-state index < -0.39 is 78.6 Å². The van der Waals surface area contributed by atoms with Crippen molar-refractivity contribution in [2.75, 3.05) is 0 Å². The molecule has 1 heterocycles. The van der Waals surface area contributed by atoms with Crippen LogP contribution in [0.1, 0.15) is 38.7 Å². The first-order chi connectivity index (χ1) is 18.3. The Morgan fingerprint density at radius 2 is 1.41 bits per heavy atom. The molecule has 2 rings (SSSR count). The number of carboxylic acids is 3. The van der Waals surface area contributed by atoms with Crippen molar-refractivity contribution in [1.82, 2.24) is 20.9 Å². The Morgan fingerprint density at radius 3 is 1.95 bits per heavy atom. The molecule has 0 saturated heterocycles. The average molecular weight is 548 g/mol. The highest BCUT2D eigenvalue weighted by molar-refractivity contribution is 5.97. The smallest absolute Gasteiger partial charge is 0.326 e. The Bertz CT molecular complexity index is 1230. The van der Waals surface area contributed by atoms with Gasteiger partial charge in [-0.2, -0.15) is 0 Å². The number of amides is 3. The summed E-state index contributed by atoms with van der Waals surface area (Å²) in [5, 5.41) is 35.3. The van der Waals surface area contributed by atoms with E-state index in [1.165, 1.54) is 0 Å². The highest BCUT2D eigenvalue weighted by atomic mass is 16.4. The summed E-state index contributed by atoms with van der Waals surface area (Å²) in [5.74, 6) is -7.88. The van der Waals surface area contributed by atoms with Crippen molar-refractivity contribution in [3.8, 4) is 0 Å². The second-order valence-electron chi connectivity index (χ2n) is 9.20. The first-order valence-corrected chi connectivity index (χ1v) is 12.2. The minimum Gasteiger partial charge on any atom is -0.481 e. The predicted molar refractivity (Wildman–Crippen MR) is 137 cm³/mol. The summed E-state index contributed by atoms with van der Waals surface area (Å²) in [6.07, 6.45) is 0.325. The highest BCUT2D eigenvalue weighted by Gasteiger charge is 2.33. The summed E-state index contributed by atoms with van der Waals surface area (Å²) in [7, 11) is 0. The number of fused-ring (bicyclic) bond motifs is 1. The molecule has 0 spiro atoms. The molecule has 39 heavy (non-hydrogen) atoms. The van der Waals surface area contributed by atoms with Crippen molar-refractivity contribution >= 4 is 46.5 Å². The van der Waals surface area contributed by atoms with E-state index in [9.17, 15) is 44.1 Å². The van der Waals surface area contributed by atoms with Gasteiger partial charge in [-0.05, 0) is 24.0 Å². The van der Waals surface area contributed by atoms with Gasteiger partial charge in [-0.1, -0.05) is 38.5 Å². The quantitative estimate of drug-likeness (QED) is 0.143. The maximum Gasteiger partial charge on any atom is 0.326 e. The monoisotopic (exact) mass is 547 g/mol. The highest BCUT2D eigenvalue weighted by Crippen LogP contribution is 2.19. The summed E-state index contributed by atoms with van der Waals surface area (Å²) < 4.78 is 0. The fraction of sp³-hybridized carbons (Fsp3) is 0.440. The van der Waals surface area contributed by atoms with Gasteiger partial charge in [0.2, 0.25) is 17.7 Å². The van der Waals surface area contributed by atoms with Crippen LogP contribution in [-0.2, 0) is 35.2 Å². The number of hydrogen-bond acceptors (Lipinski definition) is 7. The second kappa shape index (κ2) is 13.9. The van der Waals surface area contributed by atoms with Crippen LogP contribution in [0, 0.1) is 5.92 Å². The third-order valence-corrected chi connectivity index (χ3v) is 6.25. The number of hydrogen-bond donors (Lipinski definition) is 8. The van der Waals surface area contributed by atoms with Crippen LogP contribution < -0.4 is 21.7 Å². The lowest BCUT2D eigenvalue weighted by atomic mass is 9.98. The van der Waals surface area contributed by atoms with E-state index in [4.69, 9.17) is 5.73 Å². The largest absolute Gasteiger partial charge is 0.481 e. The molecule has 3 amide bonds. The summed E-state index contributed by atoms with van der Waals surface area (Å²) >= 11 is 0. The van der Waals surface area contributed by atoms with Crippen molar-refractivity contribution in [1.29, 1.82) is 0 Å². The molecule has 2 aromatic rings. The van der Waals surface area contributed by atoms with E-state index in [0.717, 1.165) is 16.5 Å². The average Bonchev–Trinajstić information content (AvgIpc) is 3.27. The lowest BCUT2D eigenvalue weighted by molar-refractivity contribution is -0.145. The van der Waals surface area contributed by atoms with E-state index in [1.807, 2.05) is 24.3 Å². The SMILES string of the molecule is CCC(C)C(NC(=O)C(CC(=O)O)NC(=O)C(CC(=O)O)NC(=O)C(N)Cc1c[nH]c2ccccc12)C(=O)O. The lowest BCUT2D eigenvalue weighted by Crippen LogP contribution is -2.58. The number of carbonyl (C=O) groups is 6. The van der Waals surface area contributed by atoms with Crippen molar-refractivity contribution in [2.45, 2.75) is 63.7 Å². The number of nitrogens with two attached hydrogens (primary N) is 1. The fourth-order valence-corrected chi connectivity index (χ4v) is 3.89. The number of aromatic nitrogens is 1. The molecule has 9 N–H and O–H groups in total. The number of carbonyl (C=O) groups excluding carboxylic acids is 3. The van der Waals surface area contributed by atoms with Gasteiger partial charge in [0.15, 0.2) is 0 Å². The van der Waals surface area contributed by atoms with Crippen molar-refractivity contribution in [3.63, 3.8) is 0 Å². The van der Waals surface area contributed by atoms with Crippen LogP contribution in [0.15, 0.2) is 30.5 Å². The Hall–Kier alpha value is -4.46. The zero-order chi connectivity index (χ0) is 29.3. The van der Waals surface area contributed by atoms with Crippen LogP contribution in [0.3, 0.4) is 0 Å². The topological polar surface area (TPSA) is 241 Å². The standard InChI is InChI=1S/C25H33N5O9/c1-3-12(2)21(25(38)39)30-24(37)18(10-20(33)34)29-23(36)17(9-19(31)32)28-22(35)15(26)8-13-11-27-16-7-5-4-6-14(13)16/h4-7,11-12,15,17-18,21,27H,3,8-10,26H2,1-2H3,(H,28,35)(H,29,36)(H,30,37)(H,31,32)(H,33,34)(H,38,39). The third kappa shape index (κ3) is 8.81. The Morgan fingerprint density at radius 1 is 0.872 bits per heavy atom. The van der Waals surface area contributed by atoms with Gasteiger partial charge in [0.05, 0.1) is 18.9 Å². The molecule has 5 atom stereocenters. The third-order valence-electron chi connectivity index (χ3n) is 6.25. The molecule has 0 bridgehead atoms. The van der Waals surface area contributed by atoms with Gasteiger partial charge in [0.1, 0.15) is 18.1 Å². The van der Waals surface area contributed by atoms with E-state index in [2.05, 4.69) is 20.9 Å². The summed E-state index contributed by atoms with van der Waals surface area (Å²) in [6, 6.07) is 1.34. The number of para-hydroxylation sites is 1. The molecule has 0 aliphatic heterocycles. The molecule has 0 saturated carbocycles. The number of H-pyrrole nitrogens is 1. The Labute approximate surface area is 223 Å². The number of carboxylic acid groups (broad SMARTS) is 3. The normalized spacial score (nSPS) is 14.8. The van der Waals surface area contributed by atoms with Gasteiger partial charge in [0, 0.05) is 17.1 Å². The number of benzene rings is 1. The molecule has 0 radical (unpaired) electrons. The van der Waals surface area contributed by atoms with Crippen molar-refractivity contribution < 1.29 is 44.1 Å².